The molecule has 0 aromatic carbocycles. The van der Waals surface area contributed by atoms with E-state index in [2.05, 4.69) is 20.9 Å². The van der Waals surface area contributed by atoms with Crippen LogP contribution in [0.5, 0.6) is 0 Å². The fourth-order valence-electron chi connectivity index (χ4n) is 3.84. The van der Waals surface area contributed by atoms with Gasteiger partial charge in [0.2, 0.25) is 11.8 Å². The standard InChI is InChI=1S/C19H29N5O3S/c1-12-11-28-19(20-12)23-17(26)14-7-9-24(10-8-14)13(2)16(25)22-18(27)21-15-5-3-4-6-15/h11,13-15H,3-10H2,1-2H3,(H,20,23,26)(H2,21,22,25,27)/t13-/m1/s1. The first-order valence-electron chi connectivity index (χ1n) is 10.0. The number of imide groups is 1. The number of urea groups is 1. The molecule has 1 aromatic rings. The third-order valence-electron chi connectivity index (χ3n) is 5.60. The molecule has 28 heavy (non-hydrogen) atoms. The summed E-state index contributed by atoms with van der Waals surface area (Å²) in [4.78, 5) is 43.1. The minimum absolute atomic E-state index is 0.0120. The first-order valence-corrected chi connectivity index (χ1v) is 10.9. The van der Waals surface area contributed by atoms with E-state index < -0.39 is 12.1 Å². The Labute approximate surface area is 169 Å². The molecular formula is C19H29N5O3S. The number of amides is 4. The lowest BCUT2D eigenvalue weighted by molar-refractivity contribution is -0.126. The Morgan fingerprint density at radius 1 is 1.18 bits per heavy atom. The SMILES string of the molecule is Cc1csc(NC(=O)C2CCN([C@H](C)C(=O)NC(=O)NC3CCCC3)CC2)n1. The fourth-order valence-corrected chi connectivity index (χ4v) is 4.53. The highest BCUT2D eigenvalue weighted by Crippen LogP contribution is 2.22. The Kier molecular flexibility index (Phi) is 7.01. The highest BCUT2D eigenvalue weighted by atomic mass is 32.1. The van der Waals surface area contributed by atoms with Crippen LogP contribution in [0, 0.1) is 12.8 Å². The zero-order chi connectivity index (χ0) is 20.1. The molecule has 4 amide bonds. The van der Waals surface area contributed by atoms with Crippen LogP contribution in [0.2, 0.25) is 0 Å². The van der Waals surface area contributed by atoms with Crippen LogP contribution in [0.25, 0.3) is 0 Å². The normalized spacial score (nSPS) is 19.9. The van der Waals surface area contributed by atoms with Crippen molar-refractivity contribution >= 4 is 34.3 Å². The second-order valence-electron chi connectivity index (χ2n) is 7.71. The van der Waals surface area contributed by atoms with Gasteiger partial charge in [0.25, 0.3) is 0 Å². The minimum Gasteiger partial charge on any atom is -0.335 e. The van der Waals surface area contributed by atoms with Crippen molar-refractivity contribution in [3.05, 3.63) is 11.1 Å². The summed E-state index contributed by atoms with van der Waals surface area (Å²) in [5.74, 6) is -0.389. The predicted molar refractivity (Wildman–Crippen MR) is 108 cm³/mol. The number of anilines is 1. The van der Waals surface area contributed by atoms with Gasteiger partial charge in [-0.15, -0.1) is 11.3 Å². The van der Waals surface area contributed by atoms with Crippen molar-refractivity contribution in [1.82, 2.24) is 20.5 Å². The zero-order valence-corrected chi connectivity index (χ0v) is 17.3. The summed E-state index contributed by atoms with van der Waals surface area (Å²) in [5, 5.41) is 10.7. The van der Waals surface area contributed by atoms with E-state index in [4.69, 9.17) is 0 Å². The van der Waals surface area contributed by atoms with Gasteiger partial charge in [-0.25, -0.2) is 9.78 Å². The molecule has 3 rings (SSSR count). The zero-order valence-electron chi connectivity index (χ0n) is 16.5. The maximum absolute atomic E-state index is 12.4. The Balaban J connectivity index is 1.41. The van der Waals surface area contributed by atoms with Gasteiger partial charge in [0.15, 0.2) is 5.13 Å². The fraction of sp³-hybridized carbons (Fsp3) is 0.684. The summed E-state index contributed by atoms with van der Waals surface area (Å²) < 4.78 is 0. The Hall–Kier alpha value is -2.00. The van der Waals surface area contributed by atoms with Crippen molar-refractivity contribution in [3.8, 4) is 0 Å². The molecule has 2 aliphatic rings. The minimum atomic E-state index is -0.406. The van der Waals surface area contributed by atoms with Crippen LogP contribution in [0.4, 0.5) is 9.93 Å². The predicted octanol–water partition coefficient (Wildman–Crippen LogP) is 2.26. The average Bonchev–Trinajstić information content (AvgIpc) is 3.32. The second kappa shape index (κ2) is 9.47. The maximum atomic E-state index is 12.4. The number of nitrogens with zero attached hydrogens (tertiary/aromatic N) is 2. The largest absolute Gasteiger partial charge is 0.335 e. The van der Waals surface area contributed by atoms with E-state index in [9.17, 15) is 14.4 Å². The van der Waals surface area contributed by atoms with E-state index in [1.165, 1.54) is 11.3 Å². The number of piperidine rings is 1. The molecule has 1 aromatic heterocycles. The Bertz CT molecular complexity index is 708. The number of likely N-dealkylation sites (tertiary alicyclic amines) is 1. The molecule has 8 nitrogen and oxygen atoms in total. The molecule has 1 atom stereocenters. The molecular weight excluding hydrogens is 378 g/mol. The molecule has 2 fully saturated rings. The molecule has 1 saturated carbocycles. The number of carbonyl (C=O) groups excluding carboxylic acids is 3. The molecule has 1 saturated heterocycles. The van der Waals surface area contributed by atoms with Crippen LogP contribution in [-0.4, -0.2) is 52.9 Å². The Morgan fingerprint density at radius 2 is 1.86 bits per heavy atom. The van der Waals surface area contributed by atoms with E-state index in [1.807, 2.05) is 17.2 Å². The number of rotatable bonds is 5. The maximum Gasteiger partial charge on any atom is 0.321 e. The van der Waals surface area contributed by atoms with Gasteiger partial charge in [-0.05, 0) is 52.6 Å². The van der Waals surface area contributed by atoms with Gasteiger partial charge in [-0.3, -0.25) is 19.8 Å². The number of carbonyl (C=O) groups is 3. The van der Waals surface area contributed by atoms with Crippen LogP contribution in [0.15, 0.2) is 5.38 Å². The molecule has 2 heterocycles. The number of hydrogen-bond donors (Lipinski definition) is 3. The Morgan fingerprint density at radius 3 is 2.46 bits per heavy atom. The van der Waals surface area contributed by atoms with Crippen LogP contribution < -0.4 is 16.0 Å². The number of nitrogens with one attached hydrogen (secondary N) is 3. The second-order valence-corrected chi connectivity index (χ2v) is 8.57. The van der Waals surface area contributed by atoms with Gasteiger partial charge >= 0.3 is 6.03 Å². The monoisotopic (exact) mass is 407 g/mol. The molecule has 3 N–H and O–H groups in total. The summed E-state index contributed by atoms with van der Waals surface area (Å²) in [5.41, 5.74) is 0.895. The van der Waals surface area contributed by atoms with E-state index in [0.29, 0.717) is 31.1 Å². The molecule has 1 aliphatic carbocycles. The van der Waals surface area contributed by atoms with Crippen LogP contribution in [0.1, 0.15) is 51.1 Å². The third kappa shape index (κ3) is 5.51. The van der Waals surface area contributed by atoms with Crippen molar-refractivity contribution in [1.29, 1.82) is 0 Å². The number of aryl methyl sites for hydroxylation is 1. The quantitative estimate of drug-likeness (QED) is 0.695. The van der Waals surface area contributed by atoms with Crippen LogP contribution in [0.3, 0.4) is 0 Å². The number of thiazole rings is 1. The molecule has 154 valence electrons. The molecule has 0 spiro atoms. The van der Waals surface area contributed by atoms with E-state index >= 15 is 0 Å². The molecule has 1 aliphatic heterocycles. The smallest absolute Gasteiger partial charge is 0.321 e. The average molecular weight is 408 g/mol. The van der Waals surface area contributed by atoms with Crippen LogP contribution in [-0.2, 0) is 9.59 Å². The van der Waals surface area contributed by atoms with Gasteiger partial charge in [0, 0.05) is 17.3 Å². The lowest BCUT2D eigenvalue weighted by atomic mass is 9.95. The van der Waals surface area contributed by atoms with Gasteiger partial charge in [-0.2, -0.15) is 0 Å². The summed E-state index contributed by atoms with van der Waals surface area (Å²) in [6, 6.07) is -0.629. The van der Waals surface area contributed by atoms with Crippen molar-refractivity contribution in [2.24, 2.45) is 5.92 Å². The van der Waals surface area contributed by atoms with Gasteiger partial charge < -0.3 is 10.6 Å². The third-order valence-corrected chi connectivity index (χ3v) is 6.48. The summed E-state index contributed by atoms with van der Waals surface area (Å²) in [6.07, 6.45) is 5.57. The van der Waals surface area contributed by atoms with Crippen LogP contribution >= 0.6 is 11.3 Å². The first-order chi connectivity index (χ1) is 13.4. The first kappa shape index (κ1) is 20.7. The van der Waals surface area contributed by atoms with Gasteiger partial charge in [0.1, 0.15) is 0 Å². The lowest BCUT2D eigenvalue weighted by Crippen LogP contribution is -2.53. The topological polar surface area (TPSA) is 103 Å². The van der Waals surface area contributed by atoms with E-state index in [1.54, 1.807) is 6.92 Å². The van der Waals surface area contributed by atoms with Gasteiger partial charge in [0.05, 0.1) is 11.7 Å². The highest BCUT2D eigenvalue weighted by Gasteiger charge is 2.31. The highest BCUT2D eigenvalue weighted by molar-refractivity contribution is 7.13. The molecule has 0 unspecified atom stereocenters. The van der Waals surface area contributed by atoms with Crippen molar-refractivity contribution in [3.63, 3.8) is 0 Å². The number of aromatic nitrogens is 1. The van der Waals surface area contributed by atoms with E-state index in [-0.39, 0.29) is 23.8 Å². The van der Waals surface area contributed by atoms with Crippen molar-refractivity contribution in [2.45, 2.75) is 64.5 Å². The molecule has 0 radical (unpaired) electrons. The van der Waals surface area contributed by atoms with Crippen molar-refractivity contribution < 1.29 is 14.4 Å². The van der Waals surface area contributed by atoms with Gasteiger partial charge in [-0.1, -0.05) is 12.8 Å². The molecule has 0 bridgehead atoms. The lowest BCUT2D eigenvalue weighted by Gasteiger charge is -2.34. The molecule has 9 heteroatoms. The summed E-state index contributed by atoms with van der Waals surface area (Å²) in [7, 11) is 0. The number of hydrogen-bond acceptors (Lipinski definition) is 6. The summed E-state index contributed by atoms with van der Waals surface area (Å²) in [6.45, 7) is 4.99. The summed E-state index contributed by atoms with van der Waals surface area (Å²) >= 11 is 1.42. The van der Waals surface area contributed by atoms with Crippen molar-refractivity contribution in [2.75, 3.05) is 18.4 Å². The van der Waals surface area contributed by atoms with E-state index in [0.717, 1.165) is 31.4 Å².